The van der Waals surface area contributed by atoms with E-state index in [9.17, 15) is 0 Å². The number of hydrogen-bond acceptors (Lipinski definition) is 2. The largest absolute Gasteiger partial charge is 0.510 e. The van der Waals surface area contributed by atoms with E-state index >= 15 is 0 Å². The number of hydrogen-bond donors (Lipinski definition) is 2. The number of aliphatic hydroxyl groups excluding tert-OH is 2. The lowest BCUT2D eigenvalue weighted by molar-refractivity contribution is 0.256. The summed E-state index contributed by atoms with van der Waals surface area (Å²) in [5.41, 5.74) is 0.888. The predicted octanol–water partition coefficient (Wildman–Crippen LogP) is 1.58. The van der Waals surface area contributed by atoms with Crippen molar-refractivity contribution in [3.8, 4) is 0 Å². The predicted molar refractivity (Wildman–Crippen MR) is 44.1 cm³/mol. The van der Waals surface area contributed by atoms with E-state index in [-0.39, 0.29) is 12.4 Å². The Hall–Kier alpha value is -1.28. The monoisotopic (exact) mass is 150 g/mol. The molecule has 0 aliphatic rings. The van der Waals surface area contributed by atoms with Crippen LogP contribution in [0.3, 0.4) is 0 Å². The Morgan fingerprint density at radius 2 is 1.91 bits per heavy atom. The first-order valence-electron chi connectivity index (χ1n) is 3.38. The van der Waals surface area contributed by atoms with Gasteiger partial charge in [0.2, 0.25) is 0 Å². The molecule has 11 heavy (non-hydrogen) atoms. The van der Waals surface area contributed by atoms with Gasteiger partial charge in [0.1, 0.15) is 12.4 Å². The second-order valence-electron chi connectivity index (χ2n) is 2.20. The van der Waals surface area contributed by atoms with Gasteiger partial charge in [-0.2, -0.15) is 0 Å². The van der Waals surface area contributed by atoms with Crippen molar-refractivity contribution in [2.75, 3.05) is 6.61 Å². The van der Waals surface area contributed by atoms with Crippen LogP contribution in [0.1, 0.15) is 5.56 Å². The molecule has 1 aromatic rings. The molecular formula is C9H10O2. The number of rotatable bonds is 2. The molecule has 0 aliphatic heterocycles. The van der Waals surface area contributed by atoms with Crippen molar-refractivity contribution < 1.29 is 10.2 Å². The van der Waals surface area contributed by atoms with E-state index in [1.165, 1.54) is 6.08 Å². The maximum Gasteiger partial charge on any atom is 0.118 e. The molecule has 0 fully saturated rings. The molecule has 0 amide bonds. The van der Waals surface area contributed by atoms with E-state index in [0.717, 1.165) is 5.56 Å². The Morgan fingerprint density at radius 1 is 1.27 bits per heavy atom. The van der Waals surface area contributed by atoms with Crippen LogP contribution < -0.4 is 0 Å². The highest BCUT2D eigenvalue weighted by Gasteiger charge is 1.88. The van der Waals surface area contributed by atoms with E-state index in [0.29, 0.717) is 0 Å². The van der Waals surface area contributed by atoms with Gasteiger partial charge in [0, 0.05) is 0 Å². The molecule has 0 bridgehead atoms. The third-order valence-electron chi connectivity index (χ3n) is 1.29. The van der Waals surface area contributed by atoms with Gasteiger partial charge in [-0.1, -0.05) is 30.3 Å². The van der Waals surface area contributed by atoms with Gasteiger partial charge in [-0.15, -0.1) is 0 Å². The molecule has 0 heterocycles. The zero-order valence-corrected chi connectivity index (χ0v) is 6.07. The van der Waals surface area contributed by atoms with Gasteiger partial charge < -0.3 is 10.2 Å². The van der Waals surface area contributed by atoms with Gasteiger partial charge in [0.25, 0.3) is 0 Å². The summed E-state index contributed by atoms with van der Waals surface area (Å²) in [5.74, 6) is -0.0174. The number of benzene rings is 1. The van der Waals surface area contributed by atoms with E-state index in [4.69, 9.17) is 10.2 Å². The van der Waals surface area contributed by atoms with Crippen LogP contribution in [-0.4, -0.2) is 16.8 Å². The first-order chi connectivity index (χ1) is 5.33. The van der Waals surface area contributed by atoms with Crippen LogP contribution in [0.2, 0.25) is 0 Å². The fourth-order valence-electron chi connectivity index (χ4n) is 0.787. The first-order valence-corrected chi connectivity index (χ1v) is 3.38. The SMILES string of the molecule is OCC(O)=Cc1ccccc1. The minimum Gasteiger partial charge on any atom is -0.510 e. The molecule has 0 aliphatic carbocycles. The van der Waals surface area contributed by atoms with E-state index < -0.39 is 0 Å². The lowest BCUT2D eigenvalue weighted by Crippen LogP contribution is -1.86. The molecule has 0 saturated heterocycles. The zero-order chi connectivity index (χ0) is 8.10. The summed E-state index contributed by atoms with van der Waals surface area (Å²) in [6, 6.07) is 9.35. The summed E-state index contributed by atoms with van der Waals surface area (Å²) in [6.45, 7) is -0.311. The number of aliphatic hydroxyl groups is 2. The minimum atomic E-state index is -0.311. The van der Waals surface area contributed by atoms with E-state index in [1.54, 1.807) is 0 Å². The second kappa shape index (κ2) is 3.78. The van der Waals surface area contributed by atoms with Crippen molar-refractivity contribution in [3.63, 3.8) is 0 Å². The van der Waals surface area contributed by atoms with Crippen molar-refractivity contribution in [1.29, 1.82) is 0 Å². The summed E-state index contributed by atoms with van der Waals surface area (Å²) >= 11 is 0. The lowest BCUT2D eigenvalue weighted by atomic mass is 10.2. The maximum absolute atomic E-state index is 8.92. The molecule has 2 nitrogen and oxygen atoms in total. The quantitative estimate of drug-likeness (QED) is 0.628. The Morgan fingerprint density at radius 3 is 2.45 bits per heavy atom. The molecule has 58 valence electrons. The van der Waals surface area contributed by atoms with Crippen LogP contribution in [0.15, 0.2) is 36.1 Å². The van der Waals surface area contributed by atoms with Gasteiger partial charge >= 0.3 is 0 Å². The Kier molecular flexibility index (Phi) is 2.69. The topological polar surface area (TPSA) is 40.5 Å². The minimum absolute atomic E-state index is 0.0174. The molecule has 0 aromatic heterocycles. The fraction of sp³-hybridized carbons (Fsp3) is 0.111. The zero-order valence-electron chi connectivity index (χ0n) is 6.07. The van der Waals surface area contributed by atoms with E-state index in [1.807, 2.05) is 30.3 Å². The van der Waals surface area contributed by atoms with E-state index in [2.05, 4.69) is 0 Å². The Bertz CT molecular complexity index is 239. The standard InChI is InChI=1S/C9H10O2/c10-7-9(11)6-8-4-2-1-3-5-8/h1-6,10-11H,7H2. The summed E-state index contributed by atoms with van der Waals surface area (Å²) < 4.78 is 0. The van der Waals surface area contributed by atoms with Crippen LogP contribution in [0.5, 0.6) is 0 Å². The molecule has 0 spiro atoms. The fourth-order valence-corrected chi connectivity index (χ4v) is 0.787. The first kappa shape index (κ1) is 7.82. The smallest absolute Gasteiger partial charge is 0.118 e. The molecule has 0 saturated carbocycles. The highest BCUT2D eigenvalue weighted by atomic mass is 16.3. The molecular weight excluding hydrogens is 140 g/mol. The van der Waals surface area contributed by atoms with Gasteiger partial charge in [0.15, 0.2) is 0 Å². The maximum atomic E-state index is 8.92. The normalized spacial score (nSPS) is 11.5. The van der Waals surface area contributed by atoms with Crippen LogP contribution >= 0.6 is 0 Å². The third kappa shape index (κ3) is 2.43. The Balaban J connectivity index is 2.79. The molecule has 0 radical (unpaired) electrons. The second-order valence-corrected chi connectivity index (χ2v) is 2.20. The van der Waals surface area contributed by atoms with Crippen molar-refractivity contribution in [1.82, 2.24) is 0 Å². The van der Waals surface area contributed by atoms with Crippen molar-refractivity contribution in [2.24, 2.45) is 0 Å². The van der Waals surface area contributed by atoms with Crippen molar-refractivity contribution in [3.05, 3.63) is 41.7 Å². The summed E-state index contributed by atoms with van der Waals surface area (Å²) in [7, 11) is 0. The van der Waals surface area contributed by atoms with Gasteiger partial charge in [-0.25, -0.2) is 0 Å². The van der Waals surface area contributed by atoms with Gasteiger partial charge in [-0.3, -0.25) is 0 Å². The average molecular weight is 150 g/mol. The Labute approximate surface area is 65.4 Å². The average Bonchev–Trinajstić information content (AvgIpc) is 2.06. The lowest BCUT2D eigenvalue weighted by Gasteiger charge is -1.93. The molecule has 0 atom stereocenters. The molecule has 1 aromatic carbocycles. The van der Waals surface area contributed by atoms with Crippen molar-refractivity contribution >= 4 is 6.08 Å². The molecule has 0 unspecified atom stereocenters. The summed E-state index contributed by atoms with van der Waals surface area (Å²) in [4.78, 5) is 0. The molecule has 2 heteroatoms. The highest BCUT2D eigenvalue weighted by molar-refractivity contribution is 5.50. The molecule has 1 rings (SSSR count). The van der Waals surface area contributed by atoms with Crippen LogP contribution in [0.25, 0.3) is 6.08 Å². The van der Waals surface area contributed by atoms with Crippen LogP contribution in [-0.2, 0) is 0 Å². The van der Waals surface area contributed by atoms with Gasteiger partial charge in [0.05, 0.1) is 0 Å². The van der Waals surface area contributed by atoms with Gasteiger partial charge in [-0.05, 0) is 11.6 Å². The third-order valence-corrected chi connectivity index (χ3v) is 1.29. The van der Waals surface area contributed by atoms with Crippen LogP contribution in [0.4, 0.5) is 0 Å². The summed E-state index contributed by atoms with van der Waals surface area (Å²) in [5, 5.41) is 17.4. The highest BCUT2D eigenvalue weighted by Crippen LogP contribution is 2.03. The summed E-state index contributed by atoms with van der Waals surface area (Å²) in [6.07, 6.45) is 1.53. The van der Waals surface area contributed by atoms with Crippen LogP contribution in [0, 0.1) is 0 Å². The molecule has 2 N–H and O–H groups in total. The van der Waals surface area contributed by atoms with Crippen molar-refractivity contribution in [2.45, 2.75) is 0 Å².